The molecule has 0 spiro atoms. The van der Waals surface area contributed by atoms with Crippen LogP contribution in [0, 0.1) is 0 Å². The van der Waals surface area contributed by atoms with Gasteiger partial charge in [-0.1, -0.05) is 6.92 Å². The van der Waals surface area contributed by atoms with E-state index < -0.39 is 8.80 Å². The van der Waals surface area contributed by atoms with Crippen LogP contribution in [0.3, 0.4) is 0 Å². The van der Waals surface area contributed by atoms with Gasteiger partial charge >= 0.3 is 0 Å². The van der Waals surface area contributed by atoms with E-state index in [1.54, 1.807) is 0 Å². The lowest BCUT2D eigenvalue weighted by Gasteiger charge is -2.14. The van der Waals surface area contributed by atoms with Crippen LogP contribution in [-0.4, -0.2) is 8.80 Å². The fraction of sp³-hybridized carbons (Fsp3) is 1.00. The van der Waals surface area contributed by atoms with Crippen LogP contribution in [0.2, 0.25) is 0 Å². The molecule has 0 aliphatic heterocycles. The smallest absolute Gasteiger partial charge is 0.203 e. The Morgan fingerprint density at radius 1 is 1.75 bits per heavy atom. The van der Waals surface area contributed by atoms with E-state index in [0.717, 1.165) is 0 Å². The van der Waals surface area contributed by atoms with Crippen LogP contribution < -0.4 is 0 Å². The zero-order valence-corrected chi connectivity index (χ0v) is 8.25. The number of alkyl halides is 3. The molecule has 0 saturated carbocycles. The number of halogens is 3. The lowest BCUT2D eigenvalue weighted by molar-refractivity contribution is 0.142. The van der Waals surface area contributed by atoms with Crippen molar-refractivity contribution in [1.82, 2.24) is 0 Å². The second-order valence-corrected chi connectivity index (χ2v) is 5.38. The molecule has 0 heterocycles. The second-order valence-electron chi connectivity index (χ2n) is 1.44. The molecule has 1 atom stereocenters. The maximum Gasteiger partial charge on any atom is 0.228 e. The molecule has 1 unspecified atom stereocenters. The third-order valence-corrected chi connectivity index (χ3v) is 2.97. The molecule has 0 N–H and O–H groups in total. The molecule has 0 bridgehead atoms. The summed E-state index contributed by atoms with van der Waals surface area (Å²) in [7, 11) is 0. The van der Waals surface area contributed by atoms with Crippen LogP contribution in [-0.2, 0) is 5.11 Å². The van der Waals surface area contributed by atoms with Gasteiger partial charge in [0.2, 0.25) is 3.42 Å². The Bertz CT molecular complexity index is 70.9. The molecule has 0 fully saturated rings. The molecule has 8 heavy (non-hydrogen) atoms. The molecule has 0 aliphatic carbocycles. The van der Waals surface area contributed by atoms with Gasteiger partial charge in [-0.3, -0.25) is 0 Å². The number of hydrogen-bond donors (Lipinski definition) is 0. The van der Waals surface area contributed by atoms with Gasteiger partial charge in [-0.2, -0.15) is 0 Å². The summed E-state index contributed by atoms with van der Waals surface area (Å²) in [5, 5.41) is 10.3. The Labute approximate surface area is 70.7 Å². The zero-order chi connectivity index (χ0) is 6.78. The zero-order valence-electron chi connectivity index (χ0n) is 4.33. The Balaban J connectivity index is 3.62. The standard InChI is InChI=1S/C4H6Br2ClO/c1-2-3(7)4(5,6)8/h3H,2H2,1H3. The second kappa shape index (κ2) is 3.40. The van der Waals surface area contributed by atoms with Gasteiger partial charge in [-0.05, 0) is 38.3 Å². The summed E-state index contributed by atoms with van der Waals surface area (Å²) in [6, 6.07) is 0. The molecule has 1 nitrogen and oxygen atoms in total. The monoisotopic (exact) mass is 263 g/mol. The van der Waals surface area contributed by atoms with Crippen molar-refractivity contribution in [2.75, 3.05) is 0 Å². The molecular weight excluding hydrogens is 259 g/mol. The topological polar surface area (TPSA) is 19.9 Å². The third-order valence-electron chi connectivity index (χ3n) is 0.723. The molecular formula is C4H6Br2ClO. The molecule has 0 aliphatic rings. The van der Waals surface area contributed by atoms with E-state index in [1.165, 1.54) is 0 Å². The predicted octanol–water partition coefficient (Wildman–Crippen LogP) is 2.88. The summed E-state index contributed by atoms with van der Waals surface area (Å²) in [6.07, 6.45) is 0.654. The molecule has 0 saturated heterocycles. The van der Waals surface area contributed by atoms with E-state index in [4.69, 9.17) is 11.6 Å². The maximum absolute atomic E-state index is 10.7. The highest BCUT2D eigenvalue weighted by Gasteiger charge is 2.29. The van der Waals surface area contributed by atoms with Crippen molar-refractivity contribution in [3.63, 3.8) is 0 Å². The van der Waals surface area contributed by atoms with Gasteiger partial charge in [-0.25, -0.2) is 5.11 Å². The molecule has 0 aromatic heterocycles. The highest BCUT2D eigenvalue weighted by molar-refractivity contribution is 9.25. The third kappa shape index (κ3) is 3.28. The molecule has 0 aromatic carbocycles. The van der Waals surface area contributed by atoms with Gasteiger partial charge < -0.3 is 0 Å². The Morgan fingerprint density at radius 3 is 2.12 bits per heavy atom. The fourth-order valence-electron chi connectivity index (χ4n) is 0.238. The maximum atomic E-state index is 10.7. The first-order valence-electron chi connectivity index (χ1n) is 2.20. The van der Waals surface area contributed by atoms with Crippen LogP contribution in [0.1, 0.15) is 13.3 Å². The largest absolute Gasteiger partial charge is 0.228 e. The Morgan fingerprint density at radius 2 is 2.12 bits per heavy atom. The minimum atomic E-state index is -1.35. The first-order valence-corrected chi connectivity index (χ1v) is 4.23. The van der Waals surface area contributed by atoms with E-state index >= 15 is 0 Å². The van der Waals surface area contributed by atoms with Gasteiger partial charge in [0.1, 0.15) is 0 Å². The van der Waals surface area contributed by atoms with Crippen LogP contribution >= 0.6 is 43.5 Å². The first-order chi connectivity index (χ1) is 3.48. The van der Waals surface area contributed by atoms with Crippen molar-refractivity contribution in [3.8, 4) is 0 Å². The first kappa shape index (κ1) is 9.21. The van der Waals surface area contributed by atoms with Crippen molar-refractivity contribution in [3.05, 3.63) is 0 Å². The van der Waals surface area contributed by atoms with Crippen LogP contribution in [0.15, 0.2) is 0 Å². The van der Waals surface area contributed by atoms with Gasteiger partial charge in [-0.15, -0.1) is 11.6 Å². The van der Waals surface area contributed by atoms with Crippen molar-refractivity contribution in [2.45, 2.75) is 22.1 Å². The predicted molar refractivity (Wildman–Crippen MR) is 41.2 cm³/mol. The number of rotatable bonds is 2. The average Bonchev–Trinajstić information content (AvgIpc) is 1.62. The SMILES string of the molecule is CCC(Cl)C([O])(Br)Br. The van der Waals surface area contributed by atoms with Crippen LogP contribution in [0.5, 0.6) is 0 Å². The fourth-order valence-corrected chi connectivity index (χ4v) is 0.885. The van der Waals surface area contributed by atoms with E-state index in [-0.39, 0.29) is 0 Å². The molecule has 4 heteroatoms. The lowest BCUT2D eigenvalue weighted by atomic mass is 10.3. The summed E-state index contributed by atoms with van der Waals surface area (Å²) >= 11 is 11.2. The molecule has 0 rings (SSSR count). The highest BCUT2D eigenvalue weighted by atomic mass is 79.9. The molecule has 1 radical (unpaired) electrons. The Kier molecular flexibility index (Phi) is 3.91. The van der Waals surface area contributed by atoms with Crippen LogP contribution in [0.4, 0.5) is 0 Å². The van der Waals surface area contributed by atoms with E-state index in [1.807, 2.05) is 6.92 Å². The quantitative estimate of drug-likeness (QED) is 0.684. The van der Waals surface area contributed by atoms with Crippen molar-refractivity contribution < 1.29 is 5.11 Å². The summed E-state index contributed by atoms with van der Waals surface area (Å²) in [5.74, 6) is 0. The highest BCUT2D eigenvalue weighted by Crippen LogP contribution is 2.32. The van der Waals surface area contributed by atoms with E-state index in [0.29, 0.717) is 6.42 Å². The molecule has 49 valence electrons. The molecule has 0 aromatic rings. The summed E-state index contributed by atoms with van der Waals surface area (Å²) < 4.78 is -1.35. The lowest BCUT2D eigenvalue weighted by Crippen LogP contribution is -2.21. The average molecular weight is 265 g/mol. The molecule has 0 amide bonds. The van der Waals surface area contributed by atoms with Crippen molar-refractivity contribution >= 4 is 43.5 Å². The Hall–Kier alpha value is 1.21. The van der Waals surface area contributed by atoms with Gasteiger partial charge in [0.25, 0.3) is 0 Å². The van der Waals surface area contributed by atoms with E-state index in [9.17, 15) is 5.11 Å². The van der Waals surface area contributed by atoms with E-state index in [2.05, 4.69) is 31.9 Å². The van der Waals surface area contributed by atoms with Gasteiger partial charge in [0.05, 0.1) is 5.38 Å². The van der Waals surface area contributed by atoms with Crippen molar-refractivity contribution in [1.29, 1.82) is 0 Å². The van der Waals surface area contributed by atoms with Gasteiger partial charge in [0, 0.05) is 0 Å². The summed E-state index contributed by atoms with van der Waals surface area (Å²) in [6.45, 7) is 1.85. The number of hydrogen-bond acceptors (Lipinski definition) is 0. The van der Waals surface area contributed by atoms with Gasteiger partial charge in [0.15, 0.2) is 0 Å². The minimum absolute atomic E-state index is 0.400. The summed E-state index contributed by atoms with van der Waals surface area (Å²) in [4.78, 5) is 0. The van der Waals surface area contributed by atoms with Crippen molar-refractivity contribution in [2.24, 2.45) is 0 Å². The summed E-state index contributed by atoms with van der Waals surface area (Å²) in [5.41, 5.74) is 0. The minimum Gasteiger partial charge on any atom is -0.203 e. The van der Waals surface area contributed by atoms with Crippen LogP contribution in [0.25, 0.3) is 0 Å². The normalized spacial score (nSPS) is 16.1.